The van der Waals surface area contributed by atoms with Crippen LogP contribution in [0.1, 0.15) is 25.0 Å². The molecule has 1 aliphatic carbocycles. The minimum Gasteiger partial charge on any atom is -0.310 e. The maximum atomic E-state index is 2.49. The van der Waals surface area contributed by atoms with Gasteiger partial charge in [-0.3, -0.25) is 0 Å². The zero-order valence-corrected chi connectivity index (χ0v) is 23.9. The van der Waals surface area contributed by atoms with E-state index < -0.39 is 0 Å². The first kappa shape index (κ1) is 24.6. The lowest BCUT2D eigenvalue weighted by Crippen LogP contribution is -2.20. The predicted molar refractivity (Wildman–Crippen MR) is 179 cm³/mol. The predicted octanol–water partition coefficient (Wildman–Crippen LogP) is 11.4. The summed E-state index contributed by atoms with van der Waals surface area (Å²) in [7, 11) is 0. The lowest BCUT2D eigenvalue weighted by Gasteiger charge is -2.33. The Morgan fingerprint density at radius 3 is 1.88 bits per heavy atom. The Labute approximate surface area is 247 Å². The zero-order valence-electron chi connectivity index (χ0n) is 23.9. The molecule has 0 aromatic heterocycles. The molecule has 0 heterocycles. The molecule has 7 aromatic carbocycles. The van der Waals surface area contributed by atoms with Crippen molar-refractivity contribution in [3.63, 3.8) is 0 Å². The summed E-state index contributed by atoms with van der Waals surface area (Å²) in [6, 6.07) is 55.4. The van der Waals surface area contributed by atoms with E-state index >= 15 is 0 Å². The lowest BCUT2D eigenvalue weighted by atomic mass is 9.81. The Kier molecular flexibility index (Phi) is 5.55. The number of fused-ring (bicyclic) bond motifs is 5. The SMILES string of the molecule is CC1(C)c2ccccc2-c2cccc(N(c3cccc(-c4cccc5ccccc45)c3)c3cccc4ccccc34)c21. The van der Waals surface area contributed by atoms with E-state index in [9.17, 15) is 0 Å². The normalized spacial score (nSPS) is 13.2. The Bertz CT molecular complexity index is 2120. The van der Waals surface area contributed by atoms with Crippen LogP contribution < -0.4 is 4.90 Å². The summed E-state index contributed by atoms with van der Waals surface area (Å²) < 4.78 is 0. The summed E-state index contributed by atoms with van der Waals surface area (Å²) in [6.45, 7) is 4.74. The van der Waals surface area contributed by atoms with E-state index in [4.69, 9.17) is 0 Å². The van der Waals surface area contributed by atoms with Gasteiger partial charge in [0, 0.05) is 16.5 Å². The fourth-order valence-electron chi connectivity index (χ4n) is 7.11. The second-order valence-corrected chi connectivity index (χ2v) is 11.8. The van der Waals surface area contributed by atoms with Crippen LogP contribution in [-0.2, 0) is 5.41 Å². The van der Waals surface area contributed by atoms with E-state index in [0.29, 0.717) is 0 Å². The van der Waals surface area contributed by atoms with Crippen molar-refractivity contribution in [3.05, 3.63) is 163 Å². The third kappa shape index (κ3) is 3.71. The van der Waals surface area contributed by atoms with Crippen LogP contribution in [0.2, 0.25) is 0 Å². The van der Waals surface area contributed by atoms with E-state index in [-0.39, 0.29) is 5.41 Å². The first-order chi connectivity index (χ1) is 20.6. The molecule has 0 fully saturated rings. The van der Waals surface area contributed by atoms with Crippen LogP contribution in [0.15, 0.2) is 152 Å². The summed E-state index contributed by atoms with van der Waals surface area (Å²) in [5.74, 6) is 0. The molecule has 200 valence electrons. The molecule has 1 nitrogen and oxygen atoms in total. The monoisotopic (exact) mass is 537 g/mol. The van der Waals surface area contributed by atoms with Crippen molar-refractivity contribution >= 4 is 38.6 Å². The summed E-state index contributed by atoms with van der Waals surface area (Å²) >= 11 is 0. The van der Waals surface area contributed by atoms with E-state index in [1.165, 1.54) is 66.3 Å². The smallest absolute Gasteiger partial charge is 0.0540 e. The van der Waals surface area contributed by atoms with Gasteiger partial charge in [-0.25, -0.2) is 0 Å². The van der Waals surface area contributed by atoms with Gasteiger partial charge in [0.1, 0.15) is 0 Å². The van der Waals surface area contributed by atoms with Crippen molar-refractivity contribution in [1.29, 1.82) is 0 Å². The summed E-state index contributed by atoms with van der Waals surface area (Å²) in [6.07, 6.45) is 0. The minimum absolute atomic E-state index is 0.140. The topological polar surface area (TPSA) is 3.24 Å². The van der Waals surface area contributed by atoms with E-state index in [1.54, 1.807) is 0 Å². The van der Waals surface area contributed by atoms with Crippen molar-refractivity contribution in [1.82, 2.24) is 0 Å². The van der Waals surface area contributed by atoms with E-state index in [1.807, 2.05) is 0 Å². The number of rotatable bonds is 4. The zero-order chi connectivity index (χ0) is 28.3. The van der Waals surface area contributed by atoms with Crippen LogP contribution in [0.3, 0.4) is 0 Å². The van der Waals surface area contributed by atoms with Crippen LogP contribution in [-0.4, -0.2) is 0 Å². The van der Waals surface area contributed by atoms with Gasteiger partial charge in [0.2, 0.25) is 0 Å². The summed E-state index contributed by atoms with van der Waals surface area (Å²) in [5, 5.41) is 5.00. The molecule has 0 bridgehead atoms. The maximum absolute atomic E-state index is 2.49. The summed E-state index contributed by atoms with van der Waals surface area (Å²) in [5.41, 5.74) is 11.3. The molecule has 1 aliphatic rings. The molecular weight excluding hydrogens is 506 g/mol. The summed E-state index contributed by atoms with van der Waals surface area (Å²) in [4.78, 5) is 2.49. The second-order valence-electron chi connectivity index (χ2n) is 11.8. The fourth-order valence-corrected chi connectivity index (χ4v) is 7.11. The van der Waals surface area contributed by atoms with Gasteiger partial charge in [-0.05, 0) is 73.8 Å². The van der Waals surface area contributed by atoms with E-state index in [0.717, 1.165) is 5.69 Å². The standard InChI is InChI=1S/C41H31N/c1-41(2)37-24-8-7-21-35(37)36-23-12-26-39(40(36)41)42(38-25-11-16-29-14-4-6-20-34(29)38)31-18-9-17-30(27-31)33-22-10-15-28-13-3-5-19-32(28)33/h3-27H,1-2H3. The molecular formula is C41H31N. The Balaban J connectivity index is 1.41. The van der Waals surface area contributed by atoms with Gasteiger partial charge in [-0.15, -0.1) is 0 Å². The molecule has 1 heteroatoms. The van der Waals surface area contributed by atoms with Gasteiger partial charge in [-0.1, -0.05) is 141 Å². The highest BCUT2D eigenvalue weighted by Crippen LogP contribution is 2.54. The highest BCUT2D eigenvalue weighted by Gasteiger charge is 2.38. The molecule has 0 spiro atoms. The molecule has 0 unspecified atom stereocenters. The molecule has 0 saturated heterocycles. The number of anilines is 3. The highest BCUT2D eigenvalue weighted by molar-refractivity contribution is 6.02. The number of hydrogen-bond donors (Lipinski definition) is 0. The highest BCUT2D eigenvalue weighted by atomic mass is 15.1. The van der Waals surface area contributed by atoms with Crippen molar-refractivity contribution in [2.75, 3.05) is 4.90 Å². The maximum Gasteiger partial charge on any atom is 0.0540 e. The molecule has 0 N–H and O–H groups in total. The van der Waals surface area contributed by atoms with Gasteiger partial charge < -0.3 is 4.90 Å². The van der Waals surface area contributed by atoms with Crippen LogP contribution in [0.4, 0.5) is 17.1 Å². The van der Waals surface area contributed by atoms with Crippen molar-refractivity contribution in [3.8, 4) is 22.3 Å². The van der Waals surface area contributed by atoms with Gasteiger partial charge in [0.15, 0.2) is 0 Å². The first-order valence-corrected chi connectivity index (χ1v) is 14.7. The van der Waals surface area contributed by atoms with Crippen LogP contribution in [0, 0.1) is 0 Å². The van der Waals surface area contributed by atoms with Crippen LogP contribution in [0.25, 0.3) is 43.8 Å². The van der Waals surface area contributed by atoms with Gasteiger partial charge in [0.25, 0.3) is 0 Å². The minimum atomic E-state index is -0.140. The average Bonchev–Trinajstić information content (AvgIpc) is 3.28. The quantitative estimate of drug-likeness (QED) is 0.216. The molecule has 0 saturated carbocycles. The van der Waals surface area contributed by atoms with Crippen molar-refractivity contribution < 1.29 is 0 Å². The molecule has 0 amide bonds. The second kappa shape index (κ2) is 9.46. The molecule has 8 rings (SSSR count). The van der Waals surface area contributed by atoms with Gasteiger partial charge >= 0.3 is 0 Å². The largest absolute Gasteiger partial charge is 0.310 e. The first-order valence-electron chi connectivity index (χ1n) is 14.7. The fraction of sp³-hybridized carbons (Fsp3) is 0.0732. The van der Waals surface area contributed by atoms with Crippen LogP contribution in [0.5, 0.6) is 0 Å². The number of hydrogen-bond acceptors (Lipinski definition) is 1. The number of nitrogens with zero attached hydrogens (tertiary/aromatic N) is 1. The molecule has 0 radical (unpaired) electrons. The molecule has 0 aliphatic heterocycles. The Hall–Kier alpha value is -5.14. The van der Waals surface area contributed by atoms with E-state index in [2.05, 4.69) is 170 Å². The Morgan fingerprint density at radius 2 is 1.02 bits per heavy atom. The molecule has 0 atom stereocenters. The third-order valence-electron chi connectivity index (χ3n) is 9.01. The third-order valence-corrected chi connectivity index (χ3v) is 9.01. The van der Waals surface area contributed by atoms with Gasteiger partial charge in [-0.2, -0.15) is 0 Å². The average molecular weight is 538 g/mol. The Morgan fingerprint density at radius 1 is 0.452 bits per heavy atom. The van der Waals surface area contributed by atoms with Crippen molar-refractivity contribution in [2.24, 2.45) is 0 Å². The van der Waals surface area contributed by atoms with Crippen molar-refractivity contribution in [2.45, 2.75) is 19.3 Å². The lowest BCUT2D eigenvalue weighted by molar-refractivity contribution is 0.661. The van der Waals surface area contributed by atoms with Gasteiger partial charge in [0.05, 0.1) is 11.4 Å². The number of benzene rings is 7. The van der Waals surface area contributed by atoms with Crippen LogP contribution >= 0.6 is 0 Å². The molecule has 7 aromatic rings. The molecule has 42 heavy (non-hydrogen) atoms.